The van der Waals surface area contributed by atoms with Crippen LogP contribution in [0.1, 0.15) is 28.4 Å². The molecule has 0 atom stereocenters. The molecular weight excluding hydrogens is 221 g/mol. The highest BCUT2D eigenvalue weighted by Gasteiger charge is 2.36. The Morgan fingerprint density at radius 2 is 2.00 bits per heavy atom. The standard InChI is InChI=1S/C11H11F3O2/c1-3-16-10(15)9-7(2)5-4-6-8(9)11(12,13)14/h4-6H,3H2,1-2H3. The summed E-state index contributed by atoms with van der Waals surface area (Å²) in [5.41, 5.74) is -1.10. The van der Waals surface area contributed by atoms with Crippen molar-refractivity contribution in [2.24, 2.45) is 0 Å². The quantitative estimate of drug-likeness (QED) is 0.732. The van der Waals surface area contributed by atoms with E-state index in [0.717, 1.165) is 6.07 Å². The number of hydrogen-bond donors (Lipinski definition) is 0. The molecule has 0 saturated carbocycles. The summed E-state index contributed by atoms with van der Waals surface area (Å²) in [4.78, 5) is 11.4. The summed E-state index contributed by atoms with van der Waals surface area (Å²) in [5, 5.41) is 0. The van der Waals surface area contributed by atoms with Gasteiger partial charge in [-0.2, -0.15) is 13.2 Å². The number of rotatable bonds is 2. The van der Waals surface area contributed by atoms with Crippen LogP contribution in [0, 0.1) is 6.92 Å². The fraction of sp³-hybridized carbons (Fsp3) is 0.364. The fourth-order valence-electron chi connectivity index (χ4n) is 1.38. The lowest BCUT2D eigenvalue weighted by molar-refractivity contribution is -0.138. The number of hydrogen-bond acceptors (Lipinski definition) is 2. The molecule has 0 amide bonds. The molecule has 5 heteroatoms. The lowest BCUT2D eigenvalue weighted by Crippen LogP contribution is -2.16. The van der Waals surface area contributed by atoms with Crippen LogP contribution in [0.3, 0.4) is 0 Å². The maximum Gasteiger partial charge on any atom is 0.417 e. The molecule has 0 saturated heterocycles. The Kier molecular flexibility index (Phi) is 3.57. The van der Waals surface area contributed by atoms with Crippen molar-refractivity contribution >= 4 is 5.97 Å². The second-order valence-electron chi connectivity index (χ2n) is 3.22. The molecule has 16 heavy (non-hydrogen) atoms. The van der Waals surface area contributed by atoms with Crippen molar-refractivity contribution in [2.75, 3.05) is 6.61 Å². The van der Waals surface area contributed by atoms with Gasteiger partial charge in [-0.15, -0.1) is 0 Å². The van der Waals surface area contributed by atoms with Gasteiger partial charge in [-0.3, -0.25) is 0 Å². The number of benzene rings is 1. The number of esters is 1. The number of carbonyl (C=O) groups excluding carboxylic acids is 1. The molecule has 0 heterocycles. The van der Waals surface area contributed by atoms with Gasteiger partial charge in [0.15, 0.2) is 0 Å². The summed E-state index contributed by atoms with van der Waals surface area (Å²) >= 11 is 0. The van der Waals surface area contributed by atoms with Crippen LogP contribution in [0.5, 0.6) is 0 Å². The molecule has 1 rings (SSSR count). The maximum atomic E-state index is 12.6. The van der Waals surface area contributed by atoms with Crippen molar-refractivity contribution in [3.63, 3.8) is 0 Å². The van der Waals surface area contributed by atoms with E-state index in [4.69, 9.17) is 0 Å². The average molecular weight is 232 g/mol. The van der Waals surface area contributed by atoms with Crippen molar-refractivity contribution in [1.82, 2.24) is 0 Å². The van der Waals surface area contributed by atoms with Crippen LogP contribution >= 0.6 is 0 Å². The van der Waals surface area contributed by atoms with Crippen molar-refractivity contribution in [1.29, 1.82) is 0 Å². The van der Waals surface area contributed by atoms with Crippen LogP contribution in [0.15, 0.2) is 18.2 Å². The second kappa shape index (κ2) is 4.55. The van der Waals surface area contributed by atoms with Crippen molar-refractivity contribution in [2.45, 2.75) is 20.0 Å². The first-order valence-electron chi connectivity index (χ1n) is 4.71. The first-order chi connectivity index (χ1) is 7.38. The molecule has 0 aliphatic rings. The molecule has 0 spiro atoms. The zero-order chi connectivity index (χ0) is 12.3. The summed E-state index contributed by atoms with van der Waals surface area (Å²) in [6.07, 6.45) is -4.55. The first kappa shape index (κ1) is 12.5. The smallest absolute Gasteiger partial charge is 0.417 e. The predicted molar refractivity (Wildman–Crippen MR) is 52.1 cm³/mol. The largest absolute Gasteiger partial charge is 0.462 e. The van der Waals surface area contributed by atoms with Gasteiger partial charge in [0.05, 0.1) is 17.7 Å². The Balaban J connectivity index is 3.30. The van der Waals surface area contributed by atoms with E-state index < -0.39 is 23.3 Å². The molecule has 88 valence electrons. The molecule has 0 bridgehead atoms. The van der Waals surface area contributed by atoms with E-state index >= 15 is 0 Å². The van der Waals surface area contributed by atoms with Gasteiger partial charge in [0.2, 0.25) is 0 Å². The zero-order valence-electron chi connectivity index (χ0n) is 8.89. The molecule has 1 aromatic rings. The van der Waals surface area contributed by atoms with Crippen molar-refractivity contribution < 1.29 is 22.7 Å². The molecule has 0 unspecified atom stereocenters. The molecular formula is C11H11F3O2. The molecule has 1 aromatic carbocycles. The number of halogens is 3. The third kappa shape index (κ3) is 2.53. The minimum Gasteiger partial charge on any atom is -0.462 e. The van der Waals surface area contributed by atoms with Gasteiger partial charge in [-0.05, 0) is 25.5 Å². The highest BCUT2D eigenvalue weighted by atomic mass is 19.4. The van der Waals surface area contributed by atoms with Crippen LogP contribution in [0.4, 0.5) is 13.2 Å². The van der Waals surface area contributed by atoms with E-state index in [1.165, 1.54) is 19.1 Å². The van der Waals surface area contributed by atoms with Gasteiger partial charge >= 0.3 is 12.1 Å². The van der Waals surface area contributed by atoms with Gasteiger partial charge in [-0.1, -0.05) is 12.1 Å². The highest BCUT2D eigenvalue weighted by molar-refractivity contribution is 5.93. The van der Waals surface area contributed by atoms with Crippen molar-refractivity contribution in [3.8, 4) is 0 Å². The Morgan fingerprint density at radius 3 is 2.50 bits per heavy atom. The van der Waals surface area contributed by atoms with E-state index in [-0.39, 0.29) is 12.2 Å². The lowest BCUT2D eigenvalue weighted by atomic mass is 10.0. The fourth-order valence-corrected chi connectivity index (χ4v) is 1.38. The zero-order valence-corrected chi connectivity index (χ0v) is 8.89. The van der Waals surface area contributed by atoms with Crippen LogP contribution in [-0.4, -0.2) is 12.6 Å². The Bertz CT molecular complexity index is 397. The monoisotopic (exact) mass is 232 g/mol. The summed E-state index contributed by atoms with van der Waals surface area (Å²) in [6, 6.07) is 3.58. The maximum absolute atomic E-state index is 12.6. The van der Waals surface area contributed by atoms with E-state index in [0.29, 0.717) is 0 Å². The minimum atomic E-state index is -4.55. The van der Waals surface area contributed by atoms with Gasteiger partial charge in [0, 0.05) is 0 Å². The Labute approximate surface area is 91.0 Å². The predicted octanol–water partition coefficient (Wildman–Crippen LogP) is 3.19. The number of carbonyl (C=O) groups is 1. The Morgan fingerprint density at radius 1 is 1.38 bits per heavy atom. The number of aryl methyl sites for hydroxylation is 1. The molecule has 0 radical (unpaired) electrons. The van der Waals surface area contributed by atoms with E-state index in [1.54, 1.807) is 6.92 Å². The molecule has 0 fully saturated rings. The summed E-state index contributed by atoms with van der Waals surface area (Å²) in [7, 11) is 0. The normalized spacial score (nSPS) is 11.3. The molecule has 2 nitrogen and oxygen atoms in total. The van der Waals surface area contributed by atoms with Gasteiger partial charge in [0.25, 0.3) is 0 Å². The molecule has 0 aliphatic carbocycles. The topological polar surface area (TPSA) is 26.3 Å². The van der Waals surface area contributed by atoms with E-state index in [9.17, 15) is 18.0 Å². The van der Waals surface area contributed by atoms with Crippen LogP contribution in [-0.2, 0) is 10.9 Å². The third-order valence-electron chi connectivity index (χ3n) is 2.06. The lowest BCUT2D eigenvalue weighted by Gasteiger charge is -2.13. The SMILES string of the molecule is CCOC(=O)c1c(C)cccc1C(F)(F)F. The average Bonchev–Trinajstić information content (AvgIpc) is 2.16. The van der Waals surface area contributed by atoms with Gasteiger partial charge in [-0.25, -0.2) is 4.79 Å². The van der Waals surface area contributed by atoms with Crippen LogP contribution < -0.4 is 0 Å². The summed E-state index contributed by atoms with van der Waals surface area (Å²) in [5.74, 6) is -0.937. The molecule has 0 aliphatic heterocycles. The molecule has 0 N–H and O–H groups in total. The van der Waals surface area contributed by atoms with Gasteiger partial charge in [0.1, 0.15) is 0 Å². The summed E-state index contributed by atoms with van der Waals surface area (Å²) < 4.78 is 42.5. The number of ether oxygens (including phenoxy) is 1. The summed E-state index contributed by atoms with van der Waals surface area (Å²) in [6.45, 7) is 3.04. The van der Waals surface area contributed by atoms with Crippen LogP contribution in [0.2, 0.25) is 0 Å². The highest BCUT2D eigenvalue weighted by Crippen LogP contribution is 2.33. The van der Waals surface area contributed by atoms with Crippen molar-refractivity contribution in [3.05, 3.63) is 34.9 Å². The first-order valence-corrected chi connectivity index (χ1v) is 4.71. The van der Waals surface area contributed by atoms with E-state index in [1.807, 2.05) is 0 Å². The Hall–Kier alpha value is -1.52. The van der Waals surface area contributed by atoms with Crippen LogP contribution in [0.25, 0.3) is 0 Å². The second-order valence-corrected chi connectivity index (χ2v) is 3.22. The number of alkyl halides is 3. The molecule has 0 aromatic heterocycles. The minimum absolute atomic E-state index is 0.0461. The van der Waals surface area contributed by atoms with Gasteiger partial charge < -0.3 is 4.74 Å². The van der Waals surface area contributed by atoms with E-state index in [2.05, 4.69) is 4.74 Å². The third-order valence-corrected chi connectivity index (χ3v) is 2.06.